The average molecular weight is 245 g/mol. The molecule has 0 fully saturated rings. The summed E-state index contributed by atoms with van der Waals surface area (Å²) in [7, 11) is 0. The molecule has 2 nitrogen and oxygen atoms in total. The van der Waals surface area contributed by atoms with Crippen molar-refractivity contribution in [3.8, 4) is 11.1 Å². The number of benzene rings is 1. The molecule has 0 unspecified atom stereocenters. The second-order valence-corrected chi connectivity index (χ2v) is 4.35. The Morgan fingerprint density at radius 1 is 1.39 bits per heavy atom. The van der Waals surface area contributed by atoms with E-state index in [4.69, 9.17) is 4.52 Å². The first kappa shape index (κ1) is 12.6. The molecule has 0 atom stereocenters. The Balaban J connectivity index is 2.60. The van der Waals surface area contributed by atoms with Gasteiger partial charge in [0.1, 0.15) is 11.6 Å². The average Bonchev–Trinajstić information content (AvgIpc) is 2.69. The lowest BCUT2D eigenvalue weighted by Gasteiger charge is -2.07. The maximum Gasteiger partial charge on any atom is 0.141 e. The molecule has 0 amide bonds. The Hall–Kier alpha value is -1.90. The van der Waals surface area contributed by atoms with Gasteiger partial charge in [-0.3, -0.25) is 0 Å². The van der Waals surface area contributed by atoms with Gasteiger partial charge in [-0.1, -0.05) is 24.7 Å². The first-order valence-corrected chi connectivity index (χ1v) is 5.95. The SMILES string of the molecule is C=C(CC)c1ccc(F)c(-c2c(C)noc2C)c1. The maximum absolute atomic E-state index is 14.0. The predicted octanol–water partition coefficient (Wildman–Crippen LogP) is 4.52. The van der Waals surface area contributed by atoms with Crippen molar-refractivity contribution in [2.24, 2.45) is 0 Å². The van der Waals surface area contributed by atoms with E-state index in [9.17, 15) is 4.39 Å². The number of allylic oxidation sites excluding steroid dienone is 1. The van der Waals surface area contributed by atoms with Crippen molar-refractivity contribution in [2.75, 3.05) is 0 Å². The molecule has 0 aliphatic heterocycles. The van der Waals surface area contributed by atoms with Crippen molar-refractivity contribution in [3.63, 3.8) is 0 Å². The highest BCUT2D eigenvalue weighted by atomic mass is 19.1. The predicted molar refractivity (Wildman–Crippen MR) is 70.7 cm³/mol. The molecule has 1 aromatic carbocycles. The van der Waals surface area contributed by atoms with Gasteiger partial charge < -0.3 is 4.52 Å². The molecule has 2 rings (SSSR count). The topological polar surface area (TPSA) is 26.0 Å². The number of rotatable bonds is 3. The largest absolute Gasteiger partial charge is 0.361 e. The van der Waals surface area contributed by atoms with Crippen LogP contribution in [0.1, 0.15) is 30.4 Å². The van der Waals surface area contributed by atoms with Crippen LogP contribution in [0.15, 0.2) is 29.3 Å². The Kier molecular flexibility index (Phi) is 3.32. The van der Waals surface area contributed by atoms with Gasteiger partial charge in [0.15, 0.2) is 0 Å². The lowest BCUT2D eigenvalue weighted by Crippen LogP contribution is -1.90. The third-order valence-electron chi connectivity index (χ3n) is 3.10. The molecule has 1 aromatic heterocycles. The number of aromatic nitrogens is 1. The first-order valence-electron chi connectivity index (χ1n) is 5.95. The van der Waals surface area contributed by atoms with Crippen molar-refractivity contribution in [1.29, 1.82) is 0 Å². The van der Waals surface area contributed by atoms with Crippen LogP contribution in [0, 0.1) is 19.7 Å². The van der Waals surface area contributed by atoms with E-state index >= 15 is 0 Å². The monoisotopic (exact) mass is 245 g/mol. The third kappa shape index (κ3) is 2.08. The highest BCUT2D eigenvalue weighted by Crippen LogP contribution is 2.31. The van der Waals surface area contributed by atoms with E-state index in [0.29, 0.717) is 17.0 Å². The maximum atomic E-state index is 14.0. The molecule has 1 heterocycles. The fourth-order valence-corrected chi connectivity index (χ4v) is 2.01. The molecule has 94 valence electrons. The zero-order chi connectivity index (χ0) is 13.3. The summed E-state index contributed by atoms with van der Waals surface area (Å²) in [5.41, 5.74) is 3.90. The summed E-state index contributed by atoms with van der Waals surface area (Å²) >= 11 is 0. The Morgan fingerprint density at radius 3 is 2.67 bits per heavy atom. The third-order valence-corrected chi connectivity index (χ3v) is 3.10. The standard InChI is InChI=1S/C15H16FNO/c1-5-9(2)12-6-7-14(16)13(8-12)15-10(3)17-18-11(15)4/h6-8H,2,5H2,1,3-4H3. The second kappa shape index (κ2) is 4.77. The minimum Gasteiger partial charge on any atom is -0.361 e. The Bertz CT molecular complexity index is 579. The summed E-state index contributed by atoms with van der Waals surface area (Å²) in [6.07, 6.45) is 0.840. The molecule has 0 bridgehead atoms. The number of aryl methyl sites for hydroxylation is 2. The van der Waals surface area contributed by atoms with E-state index in [2.05, 4.69) is 11.7 Å². The smallest absolute Gasteiger partial charge is 0.141 e. The molecule has 3 heteroatoms. The molecule has 18 heavy (non-hydrogen) atoms. The molecule has 0 radical (unpaired) electrons. The second-order valence-electron chi connectivity index (χ2n) is 4.35. The molecular weight excluding hydrogens is 229 g/mol. The van der Waals surface area contributed by atoms with Crippen molar-refractivity contribution in [2.45, 2.75) is 27.2 Å². The van der Waals surface area contributed by atoms with Crippen LogP contribution >= 0.6 is 0 Å². The minimum absolute atomic E-state index is 0.267. The Morgan fingerprint density at radius 2 is 2.11 bits per heavy atom. The van der Waals surface area contributed by atoms with Crippen LogP contribution in [0.25, 0.3) is 16.7 Å². The van der Waals surface area contributed by atoms with Crippen LogP contribution < -0.4 is 0 Å². The molecule has 0 saturated carbocycles. The van der Waals surface area contributed by atoms with Gasteiger partial charge >= 0.3 is 0 Å². The van der Waals surface area contributed by atoms with Gasteiger partial charge in [0.2, 0.25) is 0 Å². The van der Waals surface area contributed by atoms with Gasteiger partial charge in [-0.05, 0) is 43.5 Å². The zero-order valence-corrected chi connectivity index (χ0v) is 10.9. The summed E-state index contributed by atoms with van der Waals surface area (Å²) in [4.78, 5) is 0. The van der Waals surface area contributed by atoms with Gasteiger partial charge in [-0.15, -0.1) is 0 Å². The number of halogens is 1. The van der Waals surface area contributed by atoms with E-state index in [1.807, 2.05) is 19.9 Å². The van der Waals surface area contributed by atoms with Gasteiger partial charge in [-0.25, -0.2) is 4.39 Å². The van der Waals surface area contributed by atoms with Crippen LogP contribution in [0.2, 0.25) is 0 Å². The van der Waals surface area contributed by atoms with Gasteiger partial charge in [0.05, 0.1) is 11.3 Å². The van der Waals surface area contributed by atoms with Crippen LogP contribution in [-0.4, -0.2) is 5.16 Å². The van der Waals surface area contributed by atoms with E-state index in [0.717, 1.165) is 23.1 Å². The normalized spacial score (nSPS) is 10.7. The number of hydrogen-bond acceptors (Lipinski definition) is 2. The fourth-order valence-electron chi connectivity index (χ4n) is 2.01. The van der Waals surface area contributed by atoms with Crippen molar-refractivity contribution in [1.82, 2.24) is 5.16 Å². The molecule has 2 aromatic rings. The molecule has 0 spiro atoms. The highest BCUT2D eigenvalue weighted by molar-refractivity contribution is 5.74. The quantitative estimate of drug-likeness (QED) is 0.794. The summed E-state index contributed by atoms with van der Waals surface area (Å²) < 4.78 is 19.1. The van der Waals surface area contributed by atoms with Crippen molar-refractivity contribution < 1.29 is 8.91 Å². The van der Waals surface area contributed by atoms with E-state index < -0.39 is 0 Å². The van der Waals surface area contributed by atoms with Crippen LogP contribution in [0.4, 0.5) is 4.39 Å². The first-order chi connectivity index (χ1) is 8.54. The molecule has 0 aliphatic rings. The molecular formula is C15H16FNO. The number of nitrogens with zero attached hydrogens (tertiary/aromatic N) is 1. The van der Waals surface area contributed by atoms with Crippen molar-refractivity contribution in [3.05, 3.63) is 47.6 Å². The fraction of sp³-hybridized carbons (Fsp3) is 0.267. The highest BCUT2D eigenvalue weighted by Gasteiger charge is 2.16. The van der Waals surface area contributed by atoms with Gasteiger partial charge in [-0.2, -0.15) is 0 Å². The Labute approximate surface area is 106 Å². The van der Waals surface area contributed by atoms with Gasteiger partial charge in [0.25, 0.3) is 0 Å². The lowest BCUT2D eigenvalue weighted by molar-refractivity contribution is 0.393. The van der Waals surface area contributed by atoms with Crippen LogP contribution in [0.5, 0.6) is 0 Å². The number of hydrogen-bond donors (Lipinski definition) is 0. The van der Waals surface area contributed by atoms with E-state index in [-0.39, 0.29) is 5.82 Å². The summed E-state index contributed by atoms with van der Waals surface area (Å²) in [6, 6.07) is 5.04. The minimum atomic E-state index is -0.267. The van der Waals surface area contributed by atoms with Gasteiger partial charge in [0, 0.05) is 5.56 Å². The lowest BCUT2D eigenvalue weighted by atomic mass is 9.97. The molecule has 0 saturated heterocycles. The van der Waals surface area contributed by atoms with Crippen molar-refractivity contribution >= 4 is 5.57 Å². The van der Waals surface area contributed by atoms with Crippen LogP contribution in [-0.2, 0) is 0 Å². The molecule has 0 aliphatic carbocycles. The van der Waals surface area contributed by atoms with E-state index in [1.165, 1.54) is 6.07 Å². The zero-order valence-electron chi connectivity index (χ0n) is 10.9. The van der Waals surface area contributed by atoms with Crippen LogP contribution in [0.3, 0.4) is 0 Å². The summed E-state index contributed by atoms with van der Waals surface area (Å²) in [5, 5.41) is 3.86. The summed E-state index contributed by atoms with van der Waals surface area (Å²) in [5.74, 6) is 0.364. The molecule has 0 N–H and O–H groups in total. The van der Waals surface area contributed by atoms with E-state index in [1.54, 1.807) is 13.0 Å². The summed E-state index contributed by atoms with van der Waals surface area (Å²) in [6.45, 7) is 9.61.